The maximum atomic E-state index is 9.70. The molecule has 0 saturated carbocycles. The number of thiazole rings is 1. The van der Waals surface area contributed by atoms with Gasteiger partial charge in [0.15, 0.2) is 11.5 Å². The van der Waals surface area contributed by atoms with Crippen LogP contribution in [0.1, 0.15) is 12.5 Å². The third-order valence-corrected chi connectivity index (χ3v) is 4.30. The maximum Gasteiger partial charge on any atom is 0.203 e. The summed E-state index contributed by atoms with van der Waals surface area (Å²) >= 11 is 7.36. The number of hydrazone groups is 1. The van der Waals surface area contributed by atoms with Crippen LogP contribution in [-0.2, 0) is 0 Å². The number of hydrogen-bond acceptors (Lipinski definition) is 6. The fourth-order valence-electron chi connectivity index (χ4n) is 2.12. The van der Waals surface area contributed by atoms with Gasteiger partial charge >= 0.3 is 0 Å². The lowest BCUT2D eigenvalue weighted by molar-refractivity contribution is 0.318. The Bertz CT molecular complexity index is 878. The van der Waals surface area contributed by atoms with Crippen molar-refractivity contribution >= 4 is 34.3 Å². The van der Waals surface area contributed by atoms with Gasteiger partial charge in [-0.3, -0.25) is 5.43 Å². The standard InChI is InChI=1S/C18H16ClN3O2S/c1-2-24-17-9-12(3-8-16(17)23)10-20-22-18-21-15(11-25-18)13-4-6-14(19)7-5-13/h3-11,23H,2H2,1H3,(H,21,22)/b20-10+. The molecule has 0 unspecified atom stereocenters. The highest BCUT2D eigenvalue weighted by molar-refractivity contribution is 7.14. The Morgan fingerprint density at radius 2 is 2.08 bits per heavy atom. The SMILES string of the molecule is CCOc1cc(/C=N/Nc2nc(-c3ccc(Cl)cc3)cs2)ccc1O. The second kappa shape index (κ2) is 8.00. The molecule has 0 fully saturated rings. The minimum absolute atomic E-state index is 0.111. The number of anilines is 1. The normalized spacial score (nSPS) is 11.0. The highest BCUT2D eigenvalue weighted by atomic mass is 35.5. The average molecular weight is 374 g/mol. The predicted molar refractivity (Wildman–Crippen MR) is 103 cm³/mol. The van der Waals surface area contributed by atoms with Crippen molar-refractivity contribution in [1.29, 1.82) is 0 Å². The molecule has 25 heavy (non-hydrogen) atoms. The summed E-state index contributed by atoms with van der Waals surface area (Å²) in [5.74, 6) is 0.546. The zero-order valence-electron chi connectivity index (χ0n) is 13.4. The Balaban J connectivity index is 1.67. The molecule has 128 valence electrons. The number of phenols is 1. The van der Waals surface area contributed by atoms with Crippen LogP contribution in [0.25, 0.3) is 11.3 Å². The van der Waals surface area contributed by atoms with Gasteiger partial charge in [0, 0.05) is 16.0 Å². The molecule has 0 atom stereocenters. The number of ether oxygens (including phenoxy) is 1. The molecular formula is C18H16ClN3O2S. The fourth-order valence-corrected chi connectivity index (χ4v) is 2.92. The Morgan fingerprint density at radius 3 is 2.84 bits per heavy atom. The third kappa shape index (κ3) is 4.49. The van der Waals surface area contributed by atoms with Crippen LogP contribution in [0.4, 0.5) is 5.13 Å². The summed E-state index contributed by atoms with van der Waals surface area (Å²) in [6.45, 7) is 2.35. The Kier molecular flexibility index (Phi) is 5.53. The van der Waals surface area contributed by atoms with Crippen LogP contribution in [-0.4, -0.2) is 22.9 Å². The van der Waals surface area contributed by atoms with Gasteiger partial charge in [0.2, 0.25) is 5.13 Å². The molecule has 0 radical (unpaired) electrons. The van der Waals surface area contributed by atoms with Crippen LogP contribution >= 0.6 is 22.9 Å². The Morgan fingerprint density at radius 1 is 1.28 bits per heavy atom. The molecule has 0 aliphatic carbocycles. The monoisotopic (exact) mass is 373 g/mol. The zero-order valence-corrected chi connectivity index (χ0v) is 15.0. The lowest BCUT2D eigenvalue weighted by atomic mass is 10.2. The van der Waals surface area contributed by atoms with Gasteiger partial charge in [0.25, 0.3) is 0 Å². The summed E-state index contributed by atoms with van der Waals surface area (Å²) in [4.78, 5) is 4.49. The first-order valence-electron chi connectivity index (χ1n) is 7.62. The summed E-state index contributed by atoms with van der Waals surface area (Å²) in [7, 11) is 0. The highest BCUT2D eigenvalue weighted by Crippen LogP contribution is 2.27. The van der Waals surface area contributed by atoms with Crippen molar-refractivity contribution in [3.8, 4) is 22.8 Å². The van der Waals surface area contributed by atoms with Crippen molar-refractivity contribution in [3.05, 3.63) is 58.4 Å². The van der Waals surface area contributed by atoms with Crippen LogP contribution < -0.4 is 10.2 Å². The summed E-state index contributed by atoms with van der Waals surface area (Å²) in [5.41, 5.74) is 5.58. The van der Waals surface area contributed by atoms with Crippen LogP contribution in [0.5, 0.6) is 11.5 Å². The largest absolute Gasteiger partial charge is 0.504 e. The number of halogens is 1. The second-order valence-electron chi connectivity index (χ2n) is 5.07. The van der Waals surface area contributed by atoms with E-state index in [1.807, 2.05) is 36.6 Å². The molecule has 5 nitrogen and oxygen atoms in total. The Labute approximate surface area is 154 Å². The highest BCUT2D eigenvalue weighted by Gasteiger charge is 2.04. The van der Waals surface area contributed by atoms with Crippen molar-refractivity contribution in [2.24, 2.45) is 5.10 Å². The number of hydrogen-bond donors (Lipinski definition) is 2. The van der Waals surface area contributed by atoms with Crippen molar-refractivity contribution in [2.75, 3.05) is 12.0 Å². The number of benzene rings is 2. The number of phenolic OH excluding ortho intramolecular Hbond substituents is 1. The van der Waals surface area contributed by atoms with E-state index >= 15 is 0 Å². The second-order valence-corrected chi connectivity index (χ2v) is 6.37. The summed E-state index contributed by atoms with van der Waals surface area (Å²) in [5, 5.41) is 17.2. The van der Waals surface area contributed by atoms with Gasteiger partial charge in [-0.05, 0) is 42.8 Å². The van der Waals surface area contributed by atoms with Gasteiger partial charge in [-0.2, -0.15) is 5.10 Å². The van der Waals surface area contributed by atoms with Crippen molar-refractivity contribution in [2.45, 2.75) is 6.92 Å². The van der Waals surface area contributed by atoms with Crippen molar-refractivity contribution < 1.29 is 9.84 Å². The summed E-state index contributed by atoms with van der Waals surface area (Å²) in [6.07, 6.45) is 1.64. The minimum atomic E-state index is 0.111. The first-order chi connectivity index (χ1) is 12.2. The van der Waals surface area contributed by atoms with Crippen LogP contribution in [0.15, 0.2) is 52.9 Å². The van der Waals surface area contributed by atoms with E-state index in [1.165, 1.54) is 11.3 Å². The van der Waals surface area contributed by atoms with E-state index in [-0.39, 0.29) is 5.75 Å². The lowest BCUT2D eigenvalue weighted by Crippen LogP contribution is -1.94. The molecule has 0 bridgehead atoms. The number of nitrogens with one attached hydrogen (secondary N) is 1. The molecule has 1 heterocycles. The fraction of sp³-hybridized carbons (Fsp3) is 0.111. The summed E-state index contributed by atoms with van der Waals surface area (Å²) in [6, 6.07) is 12.6. The quantitative estimate of drug-likeness (QED) is 0.470. The predicted octanol–water partition coefficient (Wildman–Crippen LogP) is 5.01. The zero-order chi connectivity index (χ0) is 17.6. The van der Waals surface area contributed by atoms with E-state index in [9.17, 15) is 5.11 Å². The van der Waals surface area contributed by atoms with Crippen molar-refractivity contribution in [3.63, 3.8) is 0 Å². The smallest absolute Gasteiger partial charge is 0.203 e. The van der Waals surface area contributed by atoms with Gasteiger partial charge in [0.05, 0.1) is 18.5 Å². The summed E-state index contributed by atoms with van der Waals surface area (Å²) < 4.78 is 5.35. The first-order valence-corrected chi connectivity index (χ1v) is 8.88. The van der Waals surface area contributed by atoms with E-state index < -0.39 is 0 Å². The first kappa shape index (κ1) is 17.3. The van der Waals surface area contributed by atoms with Crippen LogP contribution in [0.2, 0.25) is 5.02 Å². The molecule has 2 aromatic carbocycles. The average Bonchev–Trinajstić information content (AvgIpc) is 3.07. The van der Waals surface area contributed by atoms with Gasteiger partial charge in [0.1, 0.15) is 0 Å². The number of aromatic nitrogens is 1. The van der Waals surface area contributed by atoms with E-state index in [0.29, 0.717) is 22.5 Å². The third-order valence-electron chi connectivity index (χ3n) is 3.30. The van der Waals surface area contributed by atoms with E-state index in [1.54, 1.807) is 24.4 Å². The molecule has 0 aliphatic heterocycles. The molecule has 2 N–H and O–H groups in total. The number of nitrogens with zero attached hydrogens (tertiary/aromatic N) is 2. The molecule has 1 aromatic heterocycles. The van der Waals surface area contributed by atoms with E-state index in [0.717, 1.165) is 16.8 Å². The lowest BCUT2D eigenvalue weighted by Gasteiger charge is -2.05. The number of rotatable bonds is 6. The van der Waals surface area contributed by atoms with Gasteiger partial charge in [-0.1, -0.05) is 23.7 Å². The maximum absolute atomic E-state index is 9.70. The van der Waals surface area contributed by atoms with Crippen LogP contribution in [0.3, 0.4) is 0 Å². The van der Waals surface area contributed by atoms with E-state index in [2.05, 4.69) is 15.5 Å². The molecule has 3 aromatic rings. The van der Waals surface area contributed by atoms with Crippen LogP contribution in [0, 0.1) is 0 Å². The molecule has 0 amide bonds. The molecule has 3 rings (SSSR count). The molecule has 7 heteroatoms. The number of aromatic hydroxyl groups is 1. The Hall–Kier alpha value is -2.57. The molecule has 0 aliphatic rings. The molecule has 0 saturated heterocycles. The topological polar surface area (TPSA) is 66.7 Å². The minimum Gasteiger partial charge on any atom is -0.504 e. The molecule has 0 spiro atoms. The molecular weight excluding hydrogens is 358 g/mol. The van der Waals surface area contributed by atoms with Gasteiger partial charge in [-0.25, -0.2) is 4.98 Å². The van der Waals surface area contributed by atoms with Gasteiger partial charge in [-0.15, -0.1) is 11.3 Å². The van der Waals surface area contributed by atoms with E-state index in [4.69, 9.17) is 16.3 Å². The van der Waals surface area contributed by atoms with Gasteiger partial charge < -0.3 is 9.84 Å². The van der Waals surface area contributed by atoms with Crippen molar-refractivity contribution in [1.82, 2.24) is 4.98 Å².